The molecule has 1 rings (SSSR count). The fourth-order valence-corrected chi connectivity index (χ4v) is 2.25. The number of alkyl halides is 1. The normalized spacial score (nSPS) is 14.9. The quantitative estimate of drug-likeness (QED) is 0.667. The first-order chi connectivity index (χ1) is 7.13. The van der Waals surface area contributed by atoms with Crippen molar-refractivity contribution in [3.8, 4) is 0 Å². The van der Waals surface area contributed by atoms with Gasteiger partial charge in [0.1, 0.15) is 0 Å². The topological polar surface area (TPSA) is 0 Å². The fourth-order valence-electron chi connectivity index (χ4n) is 1.68. The van der Waals surface area contributed by atoms with Gasteiger partial charge in [-0.15, -0.1) is 11.6 Å². The van der Waals surface area contributed by atoms with E-state index in [2.05, 4.69) is 54.0 Å². The Balaban J connectivity index is 2.50. The maximum atomic E-state index is 6.30. The average molecular weight is 290 g/mol. The Morgan fingerprint density at radius 1 is 1.27 bits per heavy atom. The second-order valence-corrected chi connectivity index (χ2v) is 5.59. The lowest BCUT2D eigenvalue weighted by molar-refractivity contribution is 0.512. The van der Waals surface area contributed by atoms with Crippen molar-refractivity contribution < 1.29 is 0 Å². The number of benzene rings is 1. The summed E-state index contributed by atoms with van der Waals surface area (Å²) in [6, 6.07) is 8.50. The molecule has 2 unspecified atom stereocenters. The number of rotatable bonds is 5. The van der Waals surface area contributed by atoms with Crippen LogP contribution in [-0.2, 0) is 6.42 Å². The molecule has 0 saturated heterocycles. The zero-order valence-corrected chi connectivity index (χ0v) is 11.7. The van der Waals surface area contributed by atoms with Gasteiger partial charge in [0.2, 0.25) is 0 Å². The van der Waals surface area contributed by atoms with Crippen molar-refractivity contribution in [1.29, 1.82) is 0 Å². The molecule has 0 radical (unpaired) electrons. The molecule has 0 saturated carbocycles. The number of hydrogen-bond donors (Lipinski definition) is 0. The number of hydrogen-bond acceptors (Lipinski definition) is 0. The monoisotopic (exact) mass is 288 g/mol. The van der Waals surface area contributed by atoms with Crippen LogP contribution in [-0.4, -0.2) is 5.38 Å². The van der Waals surface area contributed by atoms with E-state index in [1.807, 2.05) is 0 Å². The Hall–Kier alpha value is -0.0100. The first-order valence-electron chi connectivity index (χ1n) is 5.52. The summed E-state index contributed by atoms with van der Waals surface area (Å²) in [5, 5.41) is 0.304. The van der Waals surface area contributed by atoms with Gasteiger partial charge in [0, 0.05) is 9.85 Å². The van der Waals surface area contributed by atoms with E-state index in [1.165, 1.54) is 12.0 Å². The zero-order chi connectivity index (χ0) is 11.3. The highest BCUT2D eigenvalue weighted by Gasteiger charge is 2.13. The van der Waals surface area contributed by atoms with Gasteiger partial charge < -0.3 is 0 Å². The van der Waals surface area contributed by atoms with Crippen LogP contribution in [0.3, 0.4) is 0 Å². The van der Waals surface area contributed by atoms with Gasteiger partial charge in [0.25, 0.3) is 0 Å². The van der Waals surface area contributed by atoms with Crippen LogP contribution in [0.2, 0.25) is 0 Å². The van der Waals surface area contributed by atoms with Crippen LogP contribution in [0.4, 0.5) is 0 Å². The van der Waals surface area contributed by atoms with E-state index in [9.17, 15) is 0 Å². The summed E-state index contributed by atoms with van der Waals surface area (Å²) in [6.45, 7) is 4.41. The summed E-state index contributed by atoms with van der Waals surface area (Å²) in [7, 11) is 0. The molecule has 1 aromatic carbocycles. The second kappa shape index (κ2) is 6.55. The Labute approximate surface area is 106 Å². The molecular formula is C13H18BrCl. The first-order valence-corrected chi connectivity index (χ1v) is 6.75. The van der Waals surface area contributed by atoms with Crippen molar-refractivity contribution in [3.05, 3.63) is 34.3 Å². The van der Waals surface area contributed by atoms with E-state index in [0.29, 0.717) is 11.3 Å². The highest BCUT2D eigenvalue weighted by Crippen LogP contribution is 2.21. The lowest BCUT2D eigenvalue weighted by atomic mass is 9.95. The van der Waals surface area contributed by atoms with Gasteiger partial charge in [0.05, 0.1) is 0 Å². The van der Waals surface area contributed by atoms with Gasteiger partial charge in [-0.3, -0.25) is 0 Å². The molecule has 0 aliphatic carbocycles. The predicted octanol–water partition coefficient (Wildman–Crippen LogP) is 5.04. The molecule has 0 aromatic heterocycles. The van der Waals surface area contributed by atoms with E-state index in [0.717, 1.165) is 17.3 Å². The standard InChI is InChI=1S/C13H18BrCl/c1-3-4-13(15)10(2)9-11-5-7-12(14)8-6-11/h5-8,10,13H,3-4,9H2,1-2H3. The smallest absolute Gasteiger partial charge is 0.0364 e. The maximum absolute atomic E-state index is 6.30. The lowest BCUT2D eigenvalue weighted by Crippen LogP contribution is -2.13. The zero-order valence-electron chi connectivity index (χ0n) is 9.34. The van der Waals surface area contributed by atoms with Crippen LogP contribution in [0.25, 0.3) is 0 Å². The van der Waals surface area contributed by atoms with Crippen LogP contribution >= 0.6 is 27.5 Å². The van der Waals surface area contributed by atoms with Gasteiger partial charge in [0.15, 0.2) is 0 Å². The molecule has 2 heteroatoms. The summed E-state index contributed by atoms with van der Waals surface area (Å²) in [6.07, 6.45) is 3.35. The minimum absolute atomic E-state index is 0.304. The summed E-state index contributed by atoms with van der Waals surface area (Å²) >= 11 is 9.74. The van der Waals surface area contributed by atoms with E-state index in [4.69, 9.17) is 11.6 Å². The van der Waals surface area contributed by atoms with Crippen molar-refractivity contribution in [2.45, 2.75) is 38.5 Å². The third kappa shape index (κ3) is 4.56. The lowest BCUT2D eigenvalue weighted by Gasteiger charge is -2.17. The van der Waals surface area contributed by atoms with Crippen molar-refractivity contribution in [2.75, 3.05) is 0 Å². The largest absolute Gasteiger partial charge is 0.123 e. The van der Waals surface area contributed by atoms with Crippen molar-refractivity contribution >= 4 is 27.5 Å². The highest BCUT2D eigenvalue weighted by molar-refractivity contribution is 9.10. The molecule has 0 heterocycles. The Bertz CT molecular complexity index is 281. The van der Waals surface area contributed by atoms with E-state index >= 15 is 0 Å². The molecule has 15 heavy (non-hydrogen) atoms. The molecule has 2 atom stereocenters. The molecule has 84 valence electrons. The van der Waals surface area contributed by atoms with Crippen LogP contribution in [0.1, 0.15) is 32.3 Å². The summed E-state index contributed by atoms with van der Waals surface area (Å²) in [5.41, 5.74) is 1.37. The molecule has 0 spiro atoms. The van der Waals surface area contributed by atoms with Gasteiger partial charge in [-0.2, -0.15) is 0 Å². The number of halogens is 2. The SMILES string of the molecule is CCCC(Cl)C(C)Cc1ccc(Br)cc1. The van der Waals surface area contributed by atoms with Crippen molar-refractivity contribution in [2.24, 2.45) is 5.92 Å². The molecular weight excluding hydrogens is 272 g/mol. The molecule has 1 aromatic rings. The molecule has 0 aliphatic heterocycles. The van der Waals surface area contributed by atoms with Gasteiger partial charge >= 0.3 is 0 Å². The Morgan fingerprint density at radius 3 is 2.40 bits per heavy atom. The third-order valence-electron chi connectivity index (χ3n) is 2.65. The molecule has 0 nitrogen and oxygen atoms in total. The molecule has 0 N–H and O–H groups in total. The van der Waals surface area contributed by atoms with E-state index in [1.54, 1.807) is 0 Å². The first kappa shape index (κ1) is 13.1. The predicted molar refractivity (Wildman–Crippen MR) is 71.6 cm³/mol. The maximum Gasteiger partial charge on any atom is 0.0364 e. The van der Waals surface area contributed by atoms with E-state index in [-0.39, 0.29) is 0 Å². The molecule has 0 fully saturated rings. The van der Waals surface area contributed by atoms with Gasteiger partial charge in [-0.25, -0.2) is 0 Å². The van der Waals surface area contributed by atoms with Crippen molar-refractivity contribution in [3.63, 3.8) is 0 Å². The Kier molecular flexibility index (Phi) is 5.70. The summed E-state index contributed by atoms with van der Waals surface area (Å²) < 4.78 is 1.13. The molecule has 0 aliphatic rings. The van der Waals surface area contributed by atoms with Crippen LogP contribution in [0.5, 0.6) is 0 Å². The summed E-state index contributed by atoms with van der Waals surface area (Å²) in [5.74, 6) is 0.549. The Morgan fingerprint density at radius 2 is 1.87 bits per heavy atom. The molecule has 0 bridgehead atoms. The molecule has 0 amide bonds. The van der Waals surface area contributed by atoms with Crippen molar-refractivity contribution in [1.82, 2.24) is 0 Å². The van der Waals surface area contributed by atoms with Gasteiger partial charge in [-0.1, -0.05) is 48.3 Å². The third-order valence-corrected chi connectivity index (χ3v) is 3.83. The fraction of sp³-hybridized carbons (Fsp3) is 0.538. The van der Waals surface area contributed by atoms with Crippen LogP contribution < -0.4 is 0 Å². The minimum atomic E-state index is 0.304. The average Bonchev–Trinajstić information content (AvgIpc) is 2.22. The minimum Gasteiger partial charge on any atom is -0.123 e. The van der Waals surface area contributed by atoms with Gasteiger partial charge in [-0.05, 0) is 36.5 Å². The highest BCUT2D eigenvalue weighted by atomic mass is 79.9. The summed E-state index contributed by atoms with van der Waals surface area (Å²) in [4.78, 5) is 0. The van der Waals surface area contributed by atoms with Crippen LogP contribution in [0.15, 0.2) is 28.7 Å². The van der Waals surface area contributed by atoms with E-state index < -0.39 is 0 Å². The van der Waals surface area contributed by atoms with Crippen LogP contribution in [0, 0.1) is 5.92 Å². The second-order valence-electron chi connectivity index (χ2n) is 4.11.